The molecule has 0 aliphatic carbocycles. The van der Waals surface area contributed by atoms with Crippen LogP contribution in [0.4, 0.5) is 0 Å². The highest BCUT2D eigenvalue weighted by molar-refractivity contribution is 5.43. The van der Waals surface area contributed by atoms with Crippen LogP contribution >= 0.6 is 0 Å². The van der Waals surface area contributed by atoms with Crippen LogP contribution in [0.15, 0.2) is 42.6 Å². The van der Waals surface area contributed by atoms with E-state index in [0.717, 1.165) is 30.0 Å². The van der Waals surface area contributed by atoms with E-state index in [1.165, 1.54) is 5.56 Å². The summed E-state index contributed by atoms with van der Waals surface area (Å²) in [5, 5.41) is 0. The maximum Gasteiger partial charge on any atom is 0.161 e. The van der Waals surface area contributed by atoms with Crippen molar-refractivity contribution in [3.8, 4) is 11.5 Å². The van der Waals surface area contributed by atoms with Crippen LogP contribution in [-0.2, 0) is 6.42 Å². The summed E-state index contributed by atoms with van der Waals surface area (Å²) in [5.74, 6) is 1.76. The van der Waals surface area contributed by atoms with E-state index in [4.69, 9.17) is 15.2 Å². The van der Waals surface area contributed by atoms with Crippen molar-refractivity contribution in [1.82, 2.24) is 4.98 Å². The van der Waals surface area contributed by atoms with Crippen LogP contribution in [-0.4, -0.2) is 25.2 Å². The summed E-state index contributed by atoms with van der Waals surface area (Å²) in [4.78, 5) is 4.41. The summed E-state index contributed by atoms with van der Waals surface area (Å²) in [7, 11) is 1.66. The fourth-order valence-electron chi connectivity index (χ4n) is 2.38. The largest absolute Gasteiger partial charge is 0.493 e. The number of ether oxygens (including phenoxy) is 2. The van der Waals surface area contributed by atoms with Gasteiger partial charge in [-0.3, -0.25) is 4.98 Å². The molecule has 0 saturated heterocycles. The van der Waals surface area contributed by atoms with Crippen LogP contribution in [0.5, 0.6) is 11.5 Å². The fraction of sp³-hybridized carbons (Fsp3) is 0.389. The molecule has 1 atom stereocenters. The fourth-order valence-corrected chi connectivity index (χ4v) is 2.38. The third kappa shape index (κ3) is 4.21. The van der Waals surface area contributed by atoms with Gasteiger partial charge in [0.05, 0.1) is 13.7 Å². The highest BCUT2D eigenvalue weighted by Gasteiger charge is 2.13. The number of hydrogen-bond donors (Lipinski definition) is 1. The first-order chi connectivity index (χ1) is 10.8. The van der Waals surface area contributed by atoms with E-state index in [1.807, 2.05) is 30.3 Å². The normalized spacial score (nSPS) is 12.0. The monoisotopic (exact) mass is 300 g/mol. The van der Waals surface area contributed by atoms with Gasteiger partial charge in [0.1, 0.15) is 0 Å². The van der Waals surface area contributed by atoms with Gasteiger partial charge in [0.15, 0.2) is 11.5 Å². The summed E-state index contributed by atoms with van der Waals surface area (Å²) in [6, 6.07) is 12.0. The summed E-state index contributed by atoms with van der Waals surface area (Å²) in [6.45, 7) is 3.34. The maximum absolute atomic E-state index is 5.92. The number of hydrogen-bond acceptors (Lipinski definition) is 4. The third-order valence-corrected chi connectivity index (χ3v) is 3.56. The minimum atomic E-state index is 0.202. The Morgan fingerprint density at radius 1 is 1.18 bits per heavy atom. The summed E-state index contributed by atoms with van der Waals surface area (Å²) >= 11 is 0. The van der Waals surface area contributed by atoms with Gasteiger partial charge < -0.3 is 15.2 Å². The molecule has 0 fully saturated rings. The molecule has 0 aliphatic rings. The minimum absolute atomic E-state index is 0.202. The second-order valence-corrected chi connectivity index (χ2v) is 5.23. The van der Waals surface area contributed by atoms with E-state index in [1.54, 1.807) is 13.3 Å². The second kappa shape index (κ2) is 8.39. The van der Waals surface area contributed by atoms with Gasteiger partial charge in [-0.1, -0.05) is 19.1 Å². The molecule has 2 aromatic rings. The summed E-state index contributed by atoms with van der Waals surface area (Å²) in [6.07, 6.45) is 3.61. The van der Waals surface area contributed by atoms with Crippen molar-refractivity contribution in [2.24, 2.45) is 5.73 Å². The number of nitrogens with two attached hydrogens (primary N) is 1. The first-order valence-corrected chi connectivity index (χ1v) is 7.69. The van der Waals surface area contributed by atoms with Gasteiger partial charge in [-0.05, 0) is 42.7 Å². The van der Waals surface area contributed by atoms with Gasteiger partial charge in [-0.15, -0.1) is 0 Å². The Morgan fingerprint density at radius 2 is 2.05 bits per heavy atom. The first kappa shape index (κ1) is 16.3. The maximum atomic E-state index is 5.92. The van der Waals surface area contributed by atoms with Gasteiger partial charge in [-0.2, -0.15) is 0 Å². The van der Waals surface area contributed by atoms with Gasteiger partial charge in [0.25, 0.3) is 0 Å². The highest BCUT2D eigenvalue weighted by Crippen LogP contribution is 2.30. The SMILES string of the molecule is CCCOc1ccc(CC(CN)c2ccccn2)cc1OC. The number of pyridine rings is 1. The van der Waals surface area contributed by atoms with Crippen LogP contribution < -0.4 is 15.2 Å². The average Bonchev–Trinajstić information content (AvgIpc) is 2.59. The Kier molecular flexibility index (Phi) is 6.22. The Morgan fingerprint density at radius 3 is 2.68 bits per heavy atom. The summed E-state index contributed by atoms with van der Waals surface area (Å²) in [5.41, 5.74) is 8.11. The molecular weight excluding hydrogens is 276 g/mol. The van der Waals surface area contributed by atoms with Crippen molar-refractivity contribution in [2.45, 2.75) is 25.7 Å². The minimum Gasteiger partial charge on any atom is -0.493 e. The van der Waals surface area contributed by atoms with Crippen LogP contribution in [0.3, 0.4) is 0 Å². The highest BCUT2D eigenvalue weighted by atomic mass is 16.5. The van der Waals surface area contributed by atoms with Gasteiger partial charge in [-0.25, -0.2) is 0 Å². The first-order valence-electron chi connectivity index (χ1n) is 7.69. The molecule has 0 saturated carbocycles. The number of nitrogens with zero attached hydrogens (tertiary/aromatic N) is 1. The lowest BCUT2D eigenvalue weighted by molar-refractivity contribution is 0.294. The molecule has 2 N–H and O–H groups in total. The zero-order valence-electron chi connectivity index (χ0n) is 13.3. The molecule has 1 aromatic carbocycles. The Bertz CT molecular complexity index is 573. The second-order valence-electron chi connectivity index (χ2n) is 5.23. The third-order valence-electron chi connectivity index (χ3n) is 3.56. The van der Waals surface area contributed by atoms with Crippen molar-refractivity contribution in [3.63, 3.8) is 0 Å². The lowest BCUT2D eigenvalue weighted by Crippen LogP contribution is -2.16. The van der Waals surface area contributed by atoms with Crippen LogP contribution in [0.1, 0.15) is 30.5 Å². The smallest absolute Gasteiger partial charge is 0.161 e. The molecule has 0 amide bonds. The van der Waals surface area contributed by atoms with E-state index in [9.17, 15) is 0 Å². The molecule has 0 bridgehead atoms. The lowest BCUT2D eigenvalue weighted by Gasteiger charge is -2.16. The average molecular weight is 300 g/mol. The molecule has 4 nitrogen and oxygen atoms in total. The number of methoxy groups -OCH3 is 1. The van der Waals surface area contributed by atoms with E-state index >= 15 is 0 Å². The van der Waals surface area contributed by atoms with Gasteiger partial charge >= 0.3 is 0 Å². The van der Waals surface area contributed by atoms with E-state index in [-0.39, 0.29) is 5.92 Å². The number of rotatable bonds is 8. The molecule has 118 valence electrons. The molecular formula is C18H24N2O2. The predicted octanol–water partition coefficient (Wildman–Crippen LogP) is 3.16. The lowest BCUT2D eigenvalue weighted by atomic mass is 9.95. The molecule has 0 spiro atoms. The van der Waals surface area contributed by atoms with Crippen LogP contribution in [0.25, 0.3) is 0 Å². The number of aromatic nitrogens is 1. The molecule has 1 unspecified atom stereocenters. The van der Waals surface area contributed by atoms with E-state index in [2.05, 4.69) is 18.0 Å². The Labute approximate surface area is 132 Å². The predicted molar refractivity (Wildman–Crippen MR) is 88.5 cm³/mol. The van der Waals surface area contributed by atoms with Crippen LogP contribution in [0.2, 0.25) is 0 Å². The van der Waals surface area contributed by atoms with E-state index < -0.39 is 0 Å². The zero-order chi connectivity index (χ0) is 15.8. The molecule has 1 aromatic heterocycles. The van der Waals surface area contributed by atoms with Gasteiger partial charge in [0.2, 0.25) is 0 Å². The van der Waals surface area contributed by atoms with Crippen molar-refractivity contribution < 1.29 is 9.47 Å². The van der Waals surface area contributed by atoms with Crippen molar-refractivity contribution >= 4 is 0 Å². The zero-order valence-corrected chi connectivity index (χ0v) is 13.3. The topological polar surface area (TPSA) is 57.4 Å². The quantitative estimate of drug-likeness (QED) is 0.813. The standard InChI is InChI=1S/C18H24N2O2/c1-3-10-22-17-8-7-14(12-18(17)21-2)11-15(13-19)16-6-4-5-9-20-16/h4-9,12,15H,3,10-11,13,19H2,1-2H3. The van der Waals surface area contributed by atoms with Crippen molar-refractivity contribution in [3.05, 3.63) is 53.9 Å². The van der Waals surface area contributed by atoms with E-state index in [0.29, 0.717) is 13.2 Å². The molecule has 0 radical (unpaired) electrons. The Balaban J connectivity index is 2.14. The van der Waals surface area contributed by atoms with Gasteiger partial charge in [0, 0.05) is 24.4 Å². The Hall–Kier alpha value is -2.07. The number of benzene rings is 1. The summed E-state index contributed by atoms with van der Waals surface area (Å²) < 4.78 is 11.1. The van der Waals surface area contributed by atoms with Crippen molar-refractivity contribution in [2.75, 3.05) is 20.3 Å². The molecule has 22 heavy (non-hydrogen) atoms. The van der Waals surface area contributed by atoms with Crippen LogP contribution in [0, 0.1) is 0 Å². The molecule has 1 heterocycles. The molecule has 2 rings (SSSR count). The molecule has 0 aliphatic heterocycles. The van der Waals surface area contributed by atoms with Crippen molar-refractivity contribution in [1.29, 1.82) is 0 Å². The molecule has 4 heteroatoms.